The lowest BCUT2D eigenvalue weighted by Gasteiger charge is -2.02. The van der Waals surface area contributed by atoms with Crippen molar-refractivity contribution in [2.75, 3.05) is 7.05 Å². The highest BCUT2D eigenvalue weighted by Gasteiger charge is 2.05. The van der Waals surface area contributed by atoms with Gasteiger partial charge < -0.3 is 5.84 Å². The van der Waals surface area contributed by atoms with Gasteiger partial charge in [0.15, 0.2) is 0 Å². The first-order chi connectivity index (χ1) is 6.69. The van der Waals surface area contributed by atoms with E-state index >= 15 is 0 Å². The van der Waals surface area contributed by atoms with E-state index in [-0.39, 0.29) is 0 Å². The van der Waals surface area contributed by atoms with Crippen LogP contribution in [0, 0.1) is 0 Å². The molecule has 0 aliphatic rings. The minimum Gasteiger partial charge on any atom is -0.323 e. The molecule has 1 aromatic rings. The molecule has 0 heterocycles. The molecule has 0 saturated carbocycles. The van der Waals surface area contributed by atoms with Crippen LogP contribution in [0.2, 0.25) is 5.02 Å². The predicted molar refractivity (Wildman–Crippen MR) is 64.3 cm³/mol. The monoisotopic (exact) mass is 273 g/mol. The molecule has 0 amide bonds. The Morgan fingerprint density at radius 1 is 1.57 bits per heavy atom. The molecule has 0 spiro atoms. The topological polar surface area (TPSA) is 50.7 Å². The fraction of sp³-hybridized carbons (Fsp3) is 0.111. The van der Waals surface area contributed by atoms with Crippen molar-refractivity contribution >= 4 is 39.5 Å². The van der Waals surface area contributed by atoms with Gasteiger partial charge in [0.25, 0.3) is 0 Å². The smallest absolute Gasteiger partial charge is 0.109 e. The number of hydrogen-bond donors (Lipinski definition) is 1. The fourth-order valence-electron chi connectivity index (χ4n) is 0.992. The van der Waals surface area contributed by atoms with Crippen LogP contribution in [0.15, 0.2) is 32.8 Å². The summed E-state index contributed by atoms with van der Waals surface area (Å²) in [7, 11) is 1.65. The average molecular weight is 275 g/mol. The summed E-state index contributed by atoms with van der Waals surface area (Å²) in [4.78, 5) is 3.84. The Labute approximate surface area is 95.8 Å². The molecule has 0 atom stereocenters. The molecule has 3 nitrogen and oxygen atoms in total. The summed E-state index contributed by atoms with van der Waals surface area (Å²) >= 11 is 9.33. The van der Waals surface area contributed by atoms with Crippen molar-refractivity contribution in [3.8, 4) is 0 Å². The third-order valence-electron chi connectivity index (χ3n) is 1.60. The fourth-order valence-corrected chi connectivity index (χ4v) is 1.76. The van der Waals surface area contributed by atoms with Crippen molar-refractivity contribution in [2.45, 2.75) is 0 Å². The zero-order chi connectivity index (χ0) is 10.6. The second-order valence-electron chi connectivity index (χ2n) is 2.53. The van der Waals surface area contributed by atoms with Gasteiger partial charge >= 0.3 is 0 Å². The van der Waals surface area contributed by atoms with Gasteiger partial charge in [0, 0.05) is 23.3 Å². The summed E-state index contributed by atoms with van der Waals surface area (Å²) in [5, 5.41) is 4.19. The van der Waals surface area contributed by atoms with E-state index in [1.165, 1.54) is 0 Å². The van der Waals surface area contributed by atoms with Crippen molar-refractivity contribution in [1.29, 1.82) is 0 Å². The minimum atomic E-state index is 0.560. The summed E-state index contributed by atoms with van der Waals surface area (Å²) in [6.45, 7) is 0. The largest absolute Gasteiger partial charge is 0.323 e. The van der Waals surface area contributed by atoms with Gasteiger partial charge in [-0.2, -0.15) is 5.10 Å². The van der Waals surface area contributed by atoms with Crippen molar-refractivity contribution in [3.63, 3.8) is 0 Å². The van der Waals surface area contributed by atoms with E-state index in [9.17, 15) is 0 Å². The van der Waals surface area contributed by atoms with E-state index in [1.54, 1.807) is 19.3 Å². The van der Waals surface area contributed by atoms with E-state index in [0.717, 1.165) is 10.0 Å². The molecule has 14 heavy (non-hydrogen) atoms. The van der Waals surface area contributed by atoms with Gasteiger partial charge in [-0.15, -0.1) is 0 Å². The van der Waals surface area contributed by atoms with Gasteiger partial charge in [-0.25, -0.2) is 0 Å². The van der Waals surface area contributed by atoms with E-state index in [1.807, 2.05) is 12.1 Å². The highest BCUT2D eigenvalue weighted by molar-refractivity contribution is 9.10. The molecule has 0 radical (unpaired) electrons. The first kappa shape index (κ1) is 11.2. The van der Waals surface area contributed by atoms with E-state index in [2.05, 4.69) is 26.0 Å². The Bertz CT molecular complexity index is 388. The first-order valence-electron chi connectivity index (χ1n) is 3.84. The third-order valence-corrected chi connectivity index (χ3v) is 2.40. The molecule has 1 rings (SSSR count). The highest BCUT2D eigenvalue weighted by atomic mass is 79.9. The SMILES string of the molecule is CN=C/C(=N\N)c1ccc(Br)cc1Cl. The average Bonchev–Trinajstić information content (AvgIpc) is 2.15. The number of aliphatic imine (C=N–C) groups is 1. The van der Waals surface area contributed by atoms with Crippen LogP contribution in [0.1, 0.15) is 5.56 Å². The predicted octanol–water partition coefficient (Wildman–Crippen LogP) is 2.47. The molecule has 0 aliphatic carbocycles. The number of hydrazone groups is 1. The van der Waals surface area contributed by atoms with Crippen LogP contribution < -0.4 is 5.84 Å². The van der Waals surface area contributed by atoms with Crippen LogP contribution >= 0.6 is 27.5 Å². The molecule has 0 bridgehead atoms. The Morgan fingerprint density at radius 3 is 2.79 bits per heavy atom. The minimum absolute atomic E-state index is 0.560. The summed E-state index contributed by atoms with van der Waals surface area (Å²) in [5.41, 5.74) is 1.33. The number of hydrogen-bond acceptors (Lipinski definition) is 3. The van der Waals surface area contributed by atoms with Gasteiger partial charge in [0.05, 0.1) is 5.02 Å². The number of nitrogens with zero attached hydrogens (tertiary/aromatic N) is 2. The lowest BCUT2D eigenvalue weighted by atomic mass is 10.1. The van der Waals surface area contributed by atoms with E-state index in [4.69, 9.17) is 17.4 Å². The quantitative estimate of drug-likeness (QED) is 0.503. The molecular formula is C9H9BrClN3. The highest BCUT2D eigenvalue weighted by Crippen LogP contribution is 2.21. The van der Waals surface area contributed by atoms with Crippen LogP contribution in [0.5, 0.6) is 0 Å². The molecule has 0 aliphatic heterocycles. The maximum atomic E-state index is 6.01. The van der Waals surface area contributed by atoms with Crippen LogP contribution in [-0.4, -0.2) is 19.0 Å². The van der Waals surface area contributed by atoms with Gasteiger partial charge in [0.1, 0.15) is 5.71 Å². The van der Waals surface area contributed by atoms with Crippen LogP contribution in [0.3, 0.4) is 0 Å². The number of benzene rings is 1. The molecule has 0 fully saturated rings. The van der Waals surface area contributed by atoms with Crippen LogP contribution in [0.4, 0.5) is 0 Å². The molecule has 1 aromatic carbocycles. The van der Waals surface area contributed by atoms with Crippen LogP contribution in [-0.2, 0) is 0 Å². The molecule has 5 heteroatoms. The maximum Gasteiger partial charge on any atom is 0.109 e. The van der Waals surface area contributed by atoms with Crippen molar-refractivity contribution in [2.24, 2.45) is 15.9 Å². The van der Waals surface area contributed by atoms with Crippen molar-refractivity contribution in [1.82, 2.24) is 0 Å². The number of rotatable bonds is 2. The summed E-state index contributed by atoms with van der Waals surface area (Å²) in [5.74, 6) is 5.22. The lowest BCUT2D eigenvalue weighted by molar-refractivity contribution is 1.25. The number of nitrogens with two attached hydrogens (primary N) is 1. The second-order valence-corrected chi connectivity index (χ2v) is 3.85. The molecule has 0 unspecified atom stereocenters. The normalized spacial score (nSPS) is 12.4. The van der Waals surface area contributed by atoms with Gasteiger partial charge in [-0.3, -0.25) is 4.99 Å². The Morgan fingerprint density at radius 2 is 2.29 bits per heavy atom. The molecule has 0 saturated heterocycles. The van der Waals surface area contributed by atoms with Crippen LogP contribution in [0.25, 0.3) is 0 Å². The number of halogens is 2. The standard InChI is InChI=1S/C9H9BrClN3/c1-13-5-9(14-12)7-3-2-6(10)4-8(7)11/h2-5H,12H2,1H3/b13-5?,14-9+. The maximum absolute atomic E-state index is 6.01. The Hall–Kier alpha value is -0.870. The summed E-state index contributed by atoms with van der Waals surface area (Å²) < 4.78 is 0.913. The lowest BCUT2D eigenvalue weighted by Crippen LogP contribution is -2.06. The zero-order valence-electron chi connectivity index (χ0n) is 7.54. The van der Waals surface area contributed by atoms with E-state index < -0.39 is 0 Å². The summed E-state index contributed by atoms with van der Waals surface area (Å²) in [6, 6.07) is 5.49. The molecule has 2 N–H and O–H groups in total. The second kappa shape index (κ2) is 5.12. The molecule has 74 valence electrons. The zero-order valence-corrected chi connectivity index (χ0v) is 9.88. The van der Waals surface area contributed by atoms with Gasteiger partial charge in [-0.1, -0.05) is 33.6 Å². The molecule has 0 aromatic heterocycles. The summed E-state index contributed by atoms with van der Waals surface area (Å²) in [6.07, 6.45) is 1.56. The Kier molecular flexibility index (Phi) is 4.10. The first-order valence-corrected chi connectivity index (χ1v) is 5.01. The van der Waals surface area contributed by atoms with Crippen molar-refractivity contribution in [3.05, 3.63) is 33.3 Å². The third kappa shape index (κ3) is 2.56. The Balaban J connectivity index is 3.18. The van der Waals surface area contributed by atoms with E-state index in [0.29, 0.717) is 10.7 Å². The van der Waals surface area contributed by atoms with Crippen molar-refractivity contribution < 1.29 is 0 Å². The van der Waals surface area contributed by atoms with Gasteiger partial charge in [0.2, 0.25) is 0 Å². The van der Waals surface area contributed by atoms with Gasteiger partial charge in [-0.05, 0) is 12.1 Å². The molecular weight excluding hydrogens is 265 g/mol.